The summed E-state index contributed by atoms with van der Waals surface area (Å²) in [5, 5.41) is 0. The lowest BCUT2D eigenvalue weighted by Crippen LogP contribution is -2.32. The van der Waals surface area contributed by atoms with E-state index in [1.165, 1.54) is 6.33 Å². The lowest BCUT2D eigenvalue weighted by atomic mass is 10.2. The molecule has 1 aliphatic heterocycles. The number of rotatable bonds is 3. The normalized spacial score (nSPS) is 14.3. The van der Waals surface area contributed by atoms with Crippen LogP contribution in [-0.2, 0) is 6.54 Å². The van der Waals surface area contributed by atoms with Crippen LogP contribution in [0.5, 0.6) is 5.88 Å². The number of amides is 1. The molecule has 8 heteroatoms. The molecule has 2 aromatic heterocycles. The van der Waals surface area contributed by atoms with E-state index in [0.717, 1.165) is 29.7 Å². The maximum Gasteiger partial charge on any atom is 0.267 e. The van der Waals surface area contributed by atoms with Gasteiger partial charge in [0.05, 0.1) is 23.9 Å². The third kappa shape index (κ3) is 2.55. The summed E-state index contributed by atoms with van der Waals surface area (Å²) in [6, 6.07) is 5.77. The Hall–Kier alpha value is -3.16. The molecule has 0 spiro atoms. The van der Waals surface area contributed by atoms with Crippen LogP contribution in [0, 0.1) is 0 Å². The molecule has 128 valence electrons. The number of hydrogen-bond donors (Lipinski definition) is 1. The molecule has 8 nitrogen and oxygen atoms in total. The van der Waals surface area contributed by atoms with Crippen LogP contribution in [-0.4, -0.2) is 38.6 Å². The largest absolute Gasteiger partial charge is 0.475 e. The molecular formula is C17H18N6O2. The smallest absolute Gasteiger partial charge is 0.267 e. The van der Waals surface area contributed by atoms with Gasteiger partial charge in [0, 0.05) is 12.2 Å². The number of fused-ring (bicyclic) bond motifs is 2. The summed E-state index contributed by atoms with van der Waals surface area (Å²) in [4.78, 5) is 27.0. The number of ether oxygens (including phenoxy) is 1. The molecule has 2 N–H and O–H groups in total. The van der Waals surface area contributed by atoms with E-state index < -0.39 is 0 Å². The predicted octanol–water partition coefficient (Wildman–Crippen LogP) is 1.86. The van der Waals surface area contributed by atoms with Gasteiger partial charge in [0.1, 0.15) is 24.3 Å². The van der Waals surface area contributed by atoms with Crippen molar-refractivity contribution in [3.63, 3.8) is 0 Å². The second-order valence-electron chi connectivity index (χ2n) is 5.86. The lowest BCUT2D eigenvalue weighted by Gasteiger charge is -2.20. The highest BCUT2D eigenvalue weighted by Crippen LogP contribution is 2.29. The molecule has 0 aliphatic carbocycles. The van der Waals surface area contributed by atoms with E-state index in [9.17, 15) is 4.79 Å². The summed E-state index contributed by atoms with van der Waals surface area (Å²) in [7, 11) is 0. The second kappa shape index (κ2) is 6.04. The fourth-order valence-corrected chi connectivity index (χ4v) is 3.04. The molecule has 0 unspecified atom stereocenters. The molecule has 1 aliphatic rings. The summed E-state index contributed by atoms with van der Waals surface area (Å²) < 4.78 is 7.66. The highest BCUT2D eigenvalue weighted by Gasteiger charge is 2.28. The number of nitrogen functional groups attached to an aromatic ring is 1. The summed E-state index contributed by atoms with van der Waals surface area (Å²) >= 11 is 0. The average Bonchev–Trinajstić information content (AvgIpc) is 2.92. The fourth-order valence-electron chi connectivity index (χ4n) is 3.04. The number of hydrogen-bond acceptors (Lipinski definition) is 6. The minimum absolute atomic E-state index is 0.124. The number of carbonyl (C=O) groups excluding carboxylic acids is 1. The first-order valence-electron chi connectivity index (χ1n) is 8.19. The van der Waals surface area contributed by atoms with E-state index in [1.54, 1.807) is 4.90 Å². The minimum atomic E-state index is -0.258. The SMILES string of the molecule is CCCn1cnc2ccc(N3CCOc4ncnc(N)c4C3=O)cc21. The number of aromatic nitrogens is 4. The lowest BCUT2D eigenvalue weighted by molar-refractivity contribution is 0.0990. The van der Waals surface area contributed by atoms with Crippen molar-refractivity contribution in [2.24, 2.45) is 0 Å². The van der Waals surface area contributed by atoms with Crippen molar-refractivity contribution in [3.05, 3.63) is 36.4 Å². The third-order valence-corrected chi connectivity index (χ3v) is 4.24. The summed E-state index contributed by atoms with van der Waals surface area (Å²) in [6.45, 7) is 3.73. The predicted molar refractivity (Wildman–Crippen MR) is 93.6 cm³/mol. The van der Waals surface area contributed by atoms with Crippen LogP contribution >= 0.6 is 0 Å². The van der Waals surface area contributed by atoms with Gasteiger partial charge in [0.2, 0.25) is 5.88 Å². The quantitative estimate of drug-likeness (QED) is 0.782. The monoisotopic (exact) mass is 338 g/mol. The number of imidazole rings is 1. The second-order valence-corrected chi connectivity index (χ2v) is 5.86. The topological polar surface area (TPSA) is 99.2 Å². The number of nitrogens with two attached hydrogens (primary N) is 1. The van der Waals surface area contributed by atoms with E-state index >= 15 is 0 Å². The number of nitrogens with zero attached hydrogens (tertiary/aromatic N) is 5. The molecule has 0 fully saturated rings. The molecule has 1 amide bonds. The minimum Gasteiger partial charge on any atom is -0.475 e. The van der Waals surface area contributed by atoms with Crippen LogP contribution in [0.15, 0.2) is 30.9 Å². The molecular weight excluding hydrogens is 320 g/mol. The van der Waals surface area contributed by atoms with Gasteiger partial charge in [-0.1, -0.05) is 6.92 Å². The van der Waals surface area contributed by atoms with Crippen molar-refractivity contribution in [1.29, 1.82) is 0 Å². The molecule has 0 bridgehead atoms. The Balaban J connectivity index is 1.78. The zero-order valence-corrected chi connectivity index (χ0v) is 13.8. The third-order valence-electron chi connectivity index (χ3n) is 4.24. The van der Waals surface area contributed by atoms with Crippen molar-refractivity contribution >= 4 is 28.4 Å². The van der Waals surface area contributed by atoms with Crippen molar-refractivity contribution < 1.29 is 9.53 Å². The molecule has 0 radical (unpaired) electrons. The van der Waals surface area contributed by atoms with E-state index in [1.807, 2.05) is 24.5 Å². The van der Waals surface area contributed by atoms with Gasteiger partial charge < -0.3 is 19.9 Å². The van der Waals surface area contributed by atoms with Gasteiger partial charge in [-0.2, -0.15) is 0 Å². The van der Waals surface area contributed by atoms with Crippen LogP contribution in [0.25, 0.3) is 11.0 Å². The van der Waals surface area contributed by atoms with Crippen LogP contribution in [0.3, 0.4) is 0 Å². The number of aryl methyl sites for hydroxylation is 1. The molecule has 4 rings (SSSR count). The average molecular weight is 338 g/mol. The molecule has 25 heavy (non-hydrogen) atoms. The molecule has 1 aromatic carbocycles. The first-order valence-corrected chi connectivity index (χ1v) is 8.19. The van der Waals surface area contributed by atoms with Crippen LogP contribution in [0.1, 0.15) is 23.7 Å². The first-order chi connectivity index (χ1) is 12.2. The Morgan fingerprint density at radius 3 is 3.00 bits per heavy atom. The van der Waals surface area contributed by atoms with E-state index in [-0.39, 0.29) is 23.2 Å². The highest BCUT2D eigenvalue weighted by atomic mass is 16.5. The molecule has 0 atom stereocenters. The van der Waals surface area contributed by atoms with E-state index in [0.29, 0.717) is 13.2 Å². The van der Waals surface area contributed by atoms with E-state index in [4.69, 9.17) is 10.5 Å². The van der Waals surface area contributed by atoms with E-state index in [2.05, 4.69) is 26.4 Å². The standard InChI is InChI=1S/C17H18N6O2/c1-2-5-22-10-21-12-4-3-11(8-13(12)22)23-6-7-25-16-14(17(23)24)15(18)19-9-20-16/h3-4,8-10H,2,5-7H2,1H3,(H2,18,19,20). The Bertz CT molecular complexity index is 951. The van der Waals surface area contributed by atoms with Crippen molar-refractivity contribution in [3.8, 4) is 5.88 Å². The molecule has 0 saturated heterocycles. The number of carbonyl (C=O) groups is 1. The Morgan fingerprint density at radius 2 is 2.16 bits per heavy atom. The van der Waals surface area contributed by atoms with Crippen LogP contribution < -0.4 is 15.4 Å². The van der Waals surface area contributed by atoms with Gasteiger partial charge in [-0.3, -0.25) is 4.79 Å². The van der Waals surface area contributed by atoms with Crippen LogP contribution in [0.4, 0.5) is 11.5 Å². The van der Waals surface area contributed by atoms with Crippen molar-refractivity contribution in [2.45, 2.75) is 19.9 Å². The van der Waals surface area contributed by atoms with Gasteiger partial charge in [-0.15, -0.1) is 0 Å². The first kappa shape index (κ1) is 15.4. The van der Waals surface area contributed by atoms with Crippen molar-refractivity contribution in [1.82, 2.24) is 19.5 Å². The summed E-state index contributed by atoms with van der Waals surface area (Å²) in [5.74, 6) is 0.0996. The highest BCUT2D eigenvalue weighted by molar-refractivity contribution is 6.11. The zero-order valence-electron chi connectivity index (χ0n) is 13.8. The van der Waals surface area contributed by atoms with Gasteiger partial charge in [0.15, 0.2) is 0 Å². The van der Waals surface area contributed by atoms with Crippen molar-refractivity contribution in [2.75, 3.05) is 23.8 Å². The van der Waals surface area contributed by atoms with Gasteiger partial charge >= 0.3 is 0 Å². The summed E-state index contributed by atoms with van der Waals surface area (Å²) in [5.41, 5.74) is 8.77. The van der Waals surface area contributed by atoms with Gasteiger partial charge in [-0.25, -0.2) is 15.0 Å². The molecule has 3 aromatic rings. The fraction of sp³-hybridized carbons (Fsp3) is 0.294. The molecule has 0 saturated carbocycles. The Labute approximate surface area is 144 Å². The van der Waals surface area contributed by atoms with Gasteiger partial charge in [-0.05, 0) is 24.6 Å². The Morgan fingerprint density at radius 1 is 1.28 bits per heavy atom. The Kier molecular flexibility index (Phi) is 3.72. The van der Waals surface area contributed by atoms with Crippen LogP contribution in [0.2, 0.25) is 0 Å². The maximum atomic E-state index is 13.0. The van der Waals surface area contributed by atoms with Gasteiger partial charge in [0.25, 0.3) is 5.91 Å². The molecule has 3 heterocycles. The summed E-state index contributed by atoms with van der Waals surface area (Å²) in [6.07, 6.45) is 4.13. The number of benzene rings is 1. The maximum absolute atomic E-state index is 13.0. The number of anilines is 2. The zero-order chi connectivity index (χ0) is 17.4.